The number of benzene rings is 2. The summed E-state index contributed by atoms with van der Waals surface area (Å²) >= 11 is 5.86. The molecule has 0 bridgehead atoms. The van der Waals surface area contributed by atoms with Crippen molar-refractivity contribution >= 4 is 22.6 Å². The van der Waals surface area contributed by atoms with Crippen molar-refractivity contribution in [2.24, 2.45) is 0 Å². The largest absolute Gasteiger partial charge is 0.461 e. The number of hydrogen-bond acceptors (Lipinski definition) is 1. The van der Waals surface area contributed by atoms with Gasteiger partial charge in [-0.2, -0.15) is 0 Å². The van der Waals surface area contributed by atoms with Crippen LogP contribution in [0.25, 0.3) is 11.0 Å². The van der Waals surface area contributed by atoms with Crippen molar-refractivity contribution in [3.8, 4) is 0 Å². The molecule has 3 rings (SSSR count). The Hall–Kier alpha value is -1.73. The van der Waals surface area contributed by atoms with Crippen molar-refractivity contribution in [3.63, 3.8) is 0 Å². The van der Waals surface area contributed by atoms with E-state index in [0.717, 1.165) is 28.2 Å². The van der Waals surface area contributed by atoms with Crippen LogP contribution in [0.3, 0.4) is 0 Å². The molecule has 2 heteroatoms. The average molecular weight is 243 g/mol. The number of fused-ring (bicyclic) bond motifs is 1. The minimum Gasteiger partial charge on any atom is -0.461 e. The predicted octanol–water partition coefficient (Wildman–Crippen LogP) is 4.68. The molecular weight excluding hydrogens is 232 g/mol. The smallest absolute Gasteiger partial charge is 0.134 e. The topological polar surface area (TPSA) is 13.1 Å². The molecule has 1 aromatic heterocycles. The summed E-state index contributed by atoms with van der Waals surface area (Å²) in [5, 5.41) is 1.91. The minimum atomic E-state index is 0.762. The van der Waals surface area contributed by atoms with Crippen molar-refractivity contribution in [1.82, 2.24) is 0 Å². The number of halogens is 1. The molecular formula is C15H11ClO. The van der Waals surface area contributed by atoms with Crippen LogP contribution in [0.2, 0.25) is 5.02 Å². The highest BCUT2D eigenvalue weighted by molar-refractivity contribution is 6.30. The normalized spacial score (nSPS) is 10.9. The number of furan rings is 1. The molecule has 17 heavy (non-hydrogen) atoms. The van der Waals surface area contributed by atoms with Gasteiger partial charge in [0.1, 0.15) is 11.3 Å². The molecule has 0 radical (unpaired) electrons. The molecule has 0 atom stereocenters. The van der Waals surface area contributed by atoms with Crippen LogP contribution in [0.4, 0.5) is 0 Å². The van der Waals surface area contributed by atoms with Crippen LogP contribution < -0.4 is 0 Å². The first-order valence-corrected chi connectivity index (χ1v) is 5.91. The van der Waals surface area contributed by atoms with E-state index in [-0.39, 0.29) is 0 Å². The van der Waals surface area contributed by atoms with Gasteiger partial charge < -0.3 is 4.42 Å². The second-order valence-corrected chi connectivity index (χ2v) is 4.49. The minimum absolute atomic E-state index is 0.762. The van der Waals surface area contributed by atoms with Gasteiger partial charge in [-0.3, -0.25) is 0 Å². The van der Waals surface area contributed by atoms with Gasteiger partial charge in [0.25, 0.3) is 0 Å². The molecule has 0 saturated heterocycles. The zero-order valence-corrected chi connectivity index (χ0v) is 9.95. The first-order valence-electron chi connectivity index (χ1n) is 5.53. The second-order valence-electron chi connectivity index (χ2n) is 4.05. The maximum absolute atomic E-state index is 5.86. The molecule has 0 aliphatic carbocycles. The van der Waals surface area contributed by atoms with Gasteiger partial charge in [0, 0.05) is 16.8 Å². The monoisotopic (exact) mass is 242 g/mol. The van der Waals surface area contributed by atoms with E-state index in [2.05, 4.69) is 12.1 Å². The van der Waals surface area contributed by atoms with E-state index >= 15 is 0 Å². The number of rotatable bonds is 2. The summed E-state index contributed by atoms with van der Waals surface area (Å²) in [4.78, 5) is 0. The van der Waals surface area contributed by atoms with E-state index in [9.17, 15) is 0 Å². The molecule has 2 aromatic carbocycles. The zero-order valence-electron chi connectivity index (χ0n) is 9.19. The highest BCUT2D eigenvalue weighted by Gasteiger charge is 2.03. The Morgan fingerprint density at radius 1 is 0.941 bits per heavy atom. The Morgan fingerprint density at radius 3 is 2.47 bits per heavy atom. The lowest BCUT2D eigenvalue weighted by molar-refractivity contribution is 0.563. The van der Waals surface area contributed by atoms with Gasteiger partial charge in [-0.05, 0) is 29.8 Å². The quantitative estimate of drug-likeness (QED) is 0.636. The van der Waals surface area contributed by atoms with E-state index in [4.69, 9.17) is 16.0 Å². The molecule has 0 saturated carbocycles. The molecule has 84 valence electrons. The Labute approximate surface area is 105 Å². The third kappa shape index (κ3) is 2.20. The molecule has 0 unspecified atom stereocenters. The van der Waals surface area contributed by atoms with Gasteiger partial charge in [0.2, 0.25) is 0 Å². The standard InChI is InChI=1S/C15H11ClO/c16-13-7-5-11(6-8-13)9-14-10-12-3-1-2-4-15(12)17-14/h1-8,10H,9H2. The third-order valence-electron chi connectivity index (χ3n) is 2.77. The highest BCUT2D eigenvalue weighted by Crippen LogP contribution is 2.21. The summed E-state index contributed by atoms with van der Waals surface area (Å²) < 4.78 is 5.77. The lowest BCUT2D eigenvalue weighted by Crippen LogP contribution is -1.84. The maximum Gasteiger partial charge on any atom is 0.134 e. The molecule has 0 fully saturated rings. The fourth-order valence-electron chi connectivity index (χ4n) is 1.93. The Balaban J connectivity index is 1.92. The number of para-hydroxylation sites is 1. The van der Waals surface area contributed by atoms with E-state index in [0.29, 0.717) is 0 Å². The van der Waals surface area contributed by atoms with Crippen molar-refractivity contribution in [2.45, 2.75) is 6.42 Å². The van der Waals surface area contributed by atoms with Crippen LogP contribution >= 0.6 is 11.6 Å². The van der Waals surface area contributed by atoms with Crippen molar-refractivity contribution in [3.05, 3.63) is 70.9 Å². The maximum atomic E-state index is 5.86. The van der Waals surface area contributed by atoms with Gasteiger partial charge in [-0.25, -0.2) is 0 Å². The van der Waals surface area contributed by atoms with E-state index < -0.39 is 0 Å². The van der Waals surface area contributed by atoms with Crippen LogP contribution in [0.5, 0.6) is 0 Å². The molecule has 1 heterocycles. The Bertz CT molecular complexity index is 604. The van der Waals surface area contributed by atoms with Crippen LogP contribution in [0, 0.1) is 0 Å². The SMILES string of the molecule is Clc1ccc(Cc2cc3ccccc3o2)cc1. The second kappa shape index (κ2) is 4.27. The third-order valence-corrected chi connectivity index (χ3v) is 3.02. The lowest BCUT2D eigenvalue weighted by atomic mass is 10.1. The molecule has 0 aliphatic rings. The highest BCUT2D eigenvalue weighted by atomic mass is 35.5. The van der Waals surface area contributed by atoms with Crippen molar-refractivity contribution in [1.29, 1.82) is 0 Å². The summed E-state index contributed by atoms with van der Waals surface area (Å²) in [5.41, 5.74) is 2.14. The van der Waals surface area contributed by atoms with Crippen LogP contribution in [0.1, 0.15) is 11.3 Å². The zero-order chi connectivity index (χ0) is 11.7. The molecule has 1 nitrogen and oxygen atoms in total. The van der Waals surface area contributed by atoms with E-state index in [1.54, 1.807) is 0 Å². The lowest BCUT2D eigenvalue weighted by Gasteiger charge is -1.97. The molecule has 0 amide bonds. The Kier molecular flexibility index (Phi) is 2.62. The first-order chi connectivity index (χ1) is 8.31. The Morgan fingerprint density at radius 2 is 1.71 bits per heavy atom. The van der Waals surface area contributed by atoms with Crippen LogP contribution in [-0.4, -0.2) is 0 Å². The summed E-state index contributed by atoms with van der Waals surface area (Å²) in [7, 11) is 0. The van der Waals surface area contributed by atoms with Crippen molar-refractivity contribution in [2.75, 3.05) is 0 Å². The van der Waals surface area contributed by atoms with E-state index in [1.807, 2.05) is 42.5 Å². The summed E-state index contributed by atoms with van der Waals surface area (Å²) in [6.45, 7) is 0. The van der Waals surface area contributed by atoms with Gasteiger partial charge in [-0.15, -0.1) is 0 Å². The van der Waals surface area contributed by atoms with Gasteiger partial charge in [0.15, 0.2) is 0 Å². The van der Waals surface area contributed by atoms with Gasteiger partial charge >= 0.3 is 0 Å². The summed E-state index contributed by atoms with van der Waals surface area (Å²) in [6.07, 6.45) is 0.797. The van der Waals surface area contributed by atoms with E-state index in [1.165, 1.54) is 5.56 Å². The van der Waals surface area contributed by atoms with Crippen LogP contribution in [0.15, 0.2) is 59.0 Å². The molecule has 0 aliphatic heterocycles. The fraction of sp³-hybridized carbons (Fsp3) is 0.0667. The average Bonchev–Trinajstić information content (AvgIpc) is 2.74. The summed E-state index contributed by atoms with van der Waals surface area (Å²) in [6, 6.07) is 18.0. The van der Waals surface area contributed by atoms with Gasteiger partial charge in [-0.1, -0.05) is 41.9 Å². The summed E-state index contributed by atoms with van der Waals surface area (Å²) in [5.74, 6) is 0.980. The fourth-order valence-corrected chi connectivity index (χ4v) is 2.05. The molecule has 3 aromatic rings. The van der Waals surface area contributed by atoms with Crippen LogP contribution in [-0.2, 0) is 6.42 Å². The first kappa shape index (κ1) is 10.4. The van der Waals surface area contributed by atoms with Crippen molar-refractivity contribution < 1.29 is 4.42 Å². The predicted molar refractivity (Wildman–Crippen MR) is 70.5 cm³/mol. The molecule has 0 spiro atoms. The number of hydrogen-bond donors (Lipinski definition) is 0. The molecule has 0 N–H and O–H groups in total. The van der Waals surface area contributed by atoms with Gasteiger partial charge in [0.05, 0.1) is 0 Å².